The Hall–Kier alpha value is -2.47. The number of nitrogens with two attached hydrogens (primary N) is 1. The lowest BCUT2D eigenvalue weighted by molar-refractivity contribution is 0.0989. The minimum Gasteiger partial charge on any atom is -0.363 e. The van der Waals surface area contributed by atoms with Gasteiger partial charge in [-0.05, 0) is 24.6 Å². The van der Waals surface area contributed by atoms with Crippen LogP contribution in [-0.2, 0) is 0 Å². The van der Waals surface area contributed by atoms with Crippen LogP contribution < -0.4 is 5.73 Å². The molecule has 3 aromatic heterocycles. The fraction of sp³-hybridized carbons (Fsp3) is 0.0769. The minimum absolute atomic E-state index is 0.0972. The second-order valence-electron chi connectivity index (χ2n) is 4.35. The zero-order valence-electron chi connectivity index (χ0n) is 10.5. The number of aromatic nitrogens is 4. The van der Waals surface area contributed by atoms with E-state index in [1.165, 1.54) is 4.52 Å². The summed E-state index contributed by atoms with van der Waals surface area (Å²) in [5, 5.41) is 4.90. The van der Waals surface area contributed by atoms with Crippen molar-refractivity contribution in [3.8, 4) is 11.3 Å². The molecular formula is C13H10ClN5O. The van der Waals surface area contributed by atoms with E-state index in [4.69, 9.17) is 17.3 Å². The molecule has 20 heavy (non-hydrogen) atoms. The molecule has 1 amide bonds. The van der Waals surface area contributed by atoms with Crippen molar-refractivity contribution in [1.82, 2.24) is 19.6 Å². The lowest BCUT2D eigenvalue weighted by Crippen LogP contribution is -2.16. The van der Waals surface area contributed by atoms with Crippen molar-refractivity contribution in [2.45, 2.75) is 6.92 Å². The molecule has 0 fully saturated rings. The van der Waals surface area contributed by atoms with Crippen molar-refractivity contribution in [2.75, 3.05) is 0 Å². The Kier molecular flexibility index (Phi) is 2.87. The van der Waals surface area contributed by atoms with Crippen LogP contribution in [0.4, 0.5) is 0 Å². The molecule has 0 spiro atoms. The summed E-state index contributed by atoms with van der Waals surface area (Å²) >= 11 is 5.93. The van der Waals surface area contributed by atoms with E-state index in [0.29, 0.717) is 10.7 Å². The summed E-state index contributed by atoms with van der Waals surface area (Å²) in [4.78, 5) is 19.4. The van der Waals surface area contributed by atoms with Crippen LogP contribution in [0.15, 0.2) is 30.7 Å². The number of hydrogen-bond donors (Lipinski definition) is 1. The number of rotatable bonds is 2. The summed E-state index contributed by atoms with van der Waals surface area (Å²) in [6.45, 7) is 1.91. The van der Waals surface area contributed by atoms with Crippen molar-refractivity contribution < 1.29 is 4.79 Å². The second-order valence-corrected chi connectivity index (χ2v) is 4.78. The van der Waals surface area contributed by atoms with Gasteiger partial charge in [-0.2, -0.15) is 5.10 Å². The van der Waals surface area contributed by atoms with Crippen LogP contribution >= 0.6 is 11.6 Å². The van der Waals surface area contributed by atoms with Crippen LogP contribution in [0.25, 0.3) is 16.8 Å². The maximum absolute atomic E-state index is 11.4. The summed E-state index contributed by atoms with van der Waals surface area (Å²) < 4.78 is 1.44. The van der Waals surface area contributed by atoms with Gasteiger partial charge in [0.1, 0.15) is 0 Å². The second kappa shape index (κ2) is 4.57. The number of halogens is 1. The predicted octanol–water partition coefficient (Wildman–Crippen LogP) is 1.85. The Morgan fingerprint density at radius 2 is 2.10 bits per heavy atom. The van der Waals surface area contributed by atoms with E-state index in [1.54, 1.807) is 24.7 Å². The van der Waals surface area contributed by atoms with E-state index in [2.05, 4.69) is 15.1 Å². The SMILES string of the molecule is Cc1cc(-c2cncc(Cl)c2)nn2c(C(N)=O)ncc12. The van der Waals surface area contributed by atoms with Crippen molar-refractivity contribution in [2.24, 2.45) is 5.73 Å². The number of pyridine rings is 1. The molecule has 3 rings (SSSR count). The summed E-state index contributed by atoms with van der Waals surface area (Å²) in [7, 11) is 0. The first-order chi connectivity index (χ1) is 9.56. The molecule has 6 nitrogen and oxygen atoms in total. The van der Waals surface area contributed by atoms with Crippen molar-refractivity contribution in [3.63, 3.8) is 0 Å². The Labute approximate surface area is 119 Å². The molecule has 3 heterocycles. The highest BCUT2D eigenvalue weighted by Crippen LogP contribution is 2.22. The molecule has 0 aliphatic heterocycles. The quantitative estimate of drug-likeness (QED) is 0.779. The van der Waals surface area contributed by atoms with Gasteiger partial charge in [-0.25, -0.2) is 9.50 Å². The number of hydrogen-bond acceptors (Lipinski definition) is 4. The number of carbonyl (C=O) groups is 1. The molecule has 3 aromatic rings. The predicted molar refractivity (Wildman–Crippen MR) is 74.5 cm³/mol. The number of imidazole rings is 1. The van der Waals surface area contributed by atoms with Gasteiger partial charge in [-0.15, -0.1) is 0 Å². The molecule has 7 heteroatoms. The van der Waals surface area contributed by atoms with Gasteiger partial charge in [-0.1, -0.05) is 11.6 Å². The van der Waals surface area contributed by atoms with Gasteiger partial charge in [0, 0.05) is 18.0 Å². The summed E-state index contributed by atoms with van der Waals surface area (Å²) in [6.07, 6.45) is 4.77. The third-order valence-electron chi connectivity index (χ3n) is 2.92. The molecule has 0 bridgehead atoms. The lowest BCUT2D eigenvalue weighted by Gasteiger charge is -2.05. The summed E-state index contributed by atoms with van der Waals surface area (Å²) in [6, 6.07) is 3.64. The van der Waals surface area contributed by atoms with Crippen LogP contribution in [-0.4, -0.2) is 25.5 Å². The fourth-order valence-electron chi connectivity index (χ4n) is 1.99. The minimum atomic E-state index is -0.627. The van der Waals surface area contributed by atoms with Gasteiger partial charge in [-0.3, -0.25) is 9.78 Å². The maximum Gasteiger partial charge on any atom is 0.286 e. The zero-order chi connectivity index (χ0) is 14.3. The Morgan fingerprint density at radius 1 is 1.30 bits per heavy atom. The van der Waals surface area contributed by atoms with Crippen LogP contribution in [0.1, 0.15) is 16.2 Å². The molecule has 0 aliphatic rings. The number of primary amides is 1. The molecule has 0 saturated carbocycles. The third-order valence-corrected chi connectivity index (χ3v) is 3.13. The first kappa shape index (κ1) is 12.6. The van der Waals surface area contributed by atoms with E-state index in [1.807, 2.05) is 13.0 Å². The maximum atomic E-state index is 11.4. The van der Waals surface area contributed by atoms with E-state index < -0.39 is 5.91 Å². The largest absolute Gasteiger partial charge is 0.363 e. The molecule has 0 saturated heterocycles. The number of amides is 1. The molecular weight excluding hydrogens is 278 g/mol. The van der Waals surface area contributed by atoms with E-state index in [-0.39, 0.29) is 5.82 Å². The Balaban J connectivity index is 2.27. The Morgan fingerprint density at radius 3 is 2.80 bits per heavy atom. The normalized spacial score (nSPS) is 10.9. The first-order valence-corrected chi connectivity index (χ1v) is 6.20. The monoisotopic (exact) mass is 287 g/mol. The summed E-state index contributed by atoms with van der Waals surface area (Å²) in [5.41, 5.74) is 8.35. The van der Waals surface area contributed by atoms with Crippen LogP contribution in [0.3, 0.4) is 0 Å². The molecule has 2 N–H and O–H groups in total. The number of carbonyl (C=O) groups excluding carboxylic acids is 1. The third kappa shape index (κ3) is 2.00. The molecule has 100 valence electrons. The molecule has 0 atom stereocenters. The average Bonchev–Trinajstić information content (AvgIpc) is 2.83. The van der Waals surface area contributed by atoms with Gasteiger partial charge in [0.05, 0.1) is 22.4 Å². The molecule has 0 aliphatic carbocycles. The van der Waals surface area contributed by atoms with Crippen molar-refractivity contribution in [3.05, 3.63) is 47.1 Å². The Bertz CT molecular complexity index is 827. The molecule has 0 aromatic carbocycles. The first-order valence-electron chi connectivity index (χ1n) is 5.82. The highest BCUT2D eigenvalue weighted by molar-refractivity contribution is 6.30. The standard InChI is InChI=1S/C13H10ClN5O/c1-7-2-10(8-3-9(14)5-16-4-8)18-19-11(7)6-17-13(19)12(15)20/h2-6H,1H3,(H2,15,20). The highest BCUT2D eigenvalue weighted by atomic mass is 35.5. The highest BCUT2D eigenvalue weighted by Gasteiger charge is 2.13. The number of aryl methyl sites for hydroxylation is 1. The van der Waals surface area contributed by atoms with E-state index in [9.17, 15) is 4.79 Å². The van der Waals surface area contributed by atoms with Crippen molar-refractivity contribution >= 4 is 23.0 Å². The summed E-state index contributed by atoms with van der Waals surface area (Å²) in [5.74, 6) is -0.529. The molecule has 0 radical (unpaired) electrons. The van der Waals surface area contributed by atoms with Crippen molar-refractivity contribution in [1.29, 1.82) is 0 Å². The number of nitrogens with zero attached hydrogens (tertiary/aromatic N) is 4. The topological polar surface area (TPSA) is 86.2 Å². The molecule has 0 unspecified atom stereocenters. The fourth-order valence-corrected chi connectivity index (χ4v) is 2.17. The lowest BCUT2D eigenvalue weighted by atomic mass is 10.1. The van der Waals surface area contributed by atoms with Gasteiger partial charge >= 0.3 is 0 Å². The zero-order valence-corrected chi connectivity index (χ0v) is 11.3. The average molecular weight is 288 g/mol. The van der Waals surface area contributed by atoms with Crippen LogP contribution in [0.5, 0.6) is 0 Å². The van der Waals surface area contributed by atoms with Gasteiger partial charge in [0.2, 0.25) is 5.82 Å². The number of fused-ring (bicyclic) bond motifs is 1. The van der Waals surface area contributed by atoms with Crippen LogP contribution in [0, 0.1) is 6.92 Å². The van der Waals surface area contributed by atoms with Gasteiger partial charge in [0.15, 0.2) is 0 Å². The van der Waals surface area contributed by atoms with E-state index >= 15 is 0 Å². The smallest absolute Gasteiger partial charge is 0.286 e. The van der Waals surface area contributed by atoms with Crippen LogP contribution in [0.2, 0.25) is 5.02 Å². The van der Waals surface area contributed by atoms with E-state index in [0.717, 1.165) is 16.6 Å². The van der Waals surface area contributed by atoms with Gasteiger partial charge < -0.3 is 5.73 Å². The van der Waals surface area contributed by atoms with Gasteiger partial charge in [0.25, 0.3) is 5.91 Å².